The third-order valence-corrected chi connectivity index (χ3v) is 3.82. The van der Waals surface area contributed by atoms with Crippen molar-refractivity contribution >= 4 is 17.9 Å². The lowest BCUT2D eigenvalue weighted by atomic mass is 10.0. The van der Waals surface area contributed by atoms with Crippen LogP contribution in [0, 0.1) is 0 Å². The van der Waals surface area contributed by atoms with Gasteiger partial charge in [-0.05, 0) is 23.8 Å². The fourth-order valence-electron chi connectivity index (χ4n) is 1.94. The van der Waals surface area contributed by atoms with Gasteiger partial charge in [-0.25, -0.2) is 4.79 Å². The number of amides is 1. The first-order valence-electron chi connectivity index (χ1n) is 5.64. The highest BCUT2D eigenvalue weighted by atomic mass is 32.2. The summed E-state index contributed by atoms with van der Waals surface area (Å²) in [6.07, 6.45) is 0.379. The molecule has 2 rings (SSSR count). The van der Waals surface area contributed by atoms with E-state index in [9.17, 15) is 4.79 Å². The average Bonchev–Trinajstić information content (AvgIpc) is 2.34. The maximum Gasteiger partial charge on any atom is 0.404 e. The third-order valence-electron chi connectivity index (χ3n) is 2.70. The van der Waals surface area contributed by atoms with E-state index in [1.165, 1.54) is 10.5 Å². The number of hydrogen-bond donors (Lipinski definition) is 2. The SMILES string of the molecule is NC(=O)OCCNC1CCSc2ccccc21. The maximum atomic E-state index is 10.4. The molecule has 0 aromatic heterocycles. The lowest BCUT2D eigenvalue weighted by molar-refractivity contribution is 0.156. The van der Waals surface area contributed by atoms with Crippen LogP contribution in [0.4, 0.5) is 4.79 Å². The number of hydrogen-bond acceptors (Lipinski definition) is 4. The smallest absolute Gasteiger partial charge is 0.404 e. The minimum atomic E-state index is -0.716. The van der Waals surface area contributed by atoms with Crippen LogP contribution in [-0.4, -0.2) is 25.0 Å². The number of carbonyl (C=O) groups is 1. The van der Waals surface area contributed by atoms with Crippen molar-refractivity contribution in [1.82, 2.24) is 5.32 Å². The van der Waals surface area contributed by atoms with Crippen LogP contribution >= 0.6 is 11.8 Å². The molecule has 1 unspecified atom stereocenters. The molecule has 1 aliphatic heterocycles. The monoisotopic (exact) mass is 252 g/mol. The zero-order valence-corrected chi connectivity index (χ0v) is 10.3. The van der Waals surface area contributed by atoms with Gasteiger partial charge in [-0.15, -0.1) is 11.8 Å². The van der Waals surface area contributed by atoms with E-state index in [-0.39, 0.29) is 0 Å². The zero-order chi connectivity index (χ0) is 12.1. The van der Waals surface area contributed by atoms with Gasteiger partial charge in [-0.2, -0.15) is 0 Å². The first-order chi connectivity index (χ1) is 8.27. The van der Waals surface area contributed by atoms with E-state index in [2.05, 4.69) is 29.6 Å². The lowest BCUT2D eigenvalue weighted by Crippen LogP contribution is -2.29. The second-order valence-corrected chi connectivity index (χ2v) is 4.99. The minimum absolute atomic E-state index is 0.321. The van der Waals surface area contributed by atoms with Crippen molar-refractivity contribution in [2.24, 2.45) is 5.73 Å². The summed E-state index contributed by atoms with van der Waals surface area (Å²) in [5, 5.41) is 3.39. The molecule has 1 amide bonds. The molecule has 0 fully saturated rings. The standard InChI is InChI=1S/C12H16N2O2S/c13-12(15)16-7-6-14-10-5-8-17-11-4-2-1-3-9(10)11/h1-4,10,14H,5-8H2,(H2,13,15). The van der Waals surface area contributed by atoms with Crippen LogP contribution in [0.15, 0.2) is 29.2 Å². The highest BCUT2D eigenvalue weighted by Gasteiger charge is 2.19. The Labute approximate surface area is 105 Å². The van der Waals surface area contributed by atoms with Crippen LogP contribution in [0.3, 0.4) is 0 Å². The van der Waals surface area contributed by atoms with Crippen molar-refractivity contribution in [1.29, 1.82) is 0 Å². The molecule has 1 aromatic carbocycles. The molecule has 1 aliphatic rings. The molecule has 0 spiro atoms. The average molecular weight is 252 g/mol. The summed E-state index contributed by atoms with van der Waals surface area (Å²) in [6.45, 7) is 0.952. The van der Waals surface area contributed by atoms with Gasteiger partial charge in [0.2, 0.25) is 0 Å². The summed E-state index contributed by atoms with van der Waals surface area (Å²) in [6, 6.07) is 8.76. The fraction of sp³-hybridized carbons (Fsp3) is 0.417. The van der Waals surface area contributed by atoms with E-state index < -0.39 is 6.09 Å². The van der Waals surface area contributed by atoms with Crippen LogP contribution in [0.25, 0.3) is 0 Å². The lowest BCUT2D eigenvalue weighted by Gasteiger charge is -2.25. The van der Waals surface area contributed by atoms with Gasteiger partial charge < -0.3 is 15.8 Å². The topological polar surface area (TPSA) is 64.4 Å². The molecule has 0 saturated carbocycles. The molecule has 0 aliphatic carbocycles. The summed E-state index contributed by atoms with van der Waals surface area (Å²) < 4.78 is 4.69. The predicted molar refractivity (Wildman–Crippen MR) is 68.1 cm³/mol. The van der Waals surface area contributed by atoms with Gasteiger partial charge in [-0.1, -0.05) is 18.2 Å². The number of rotatable bonds is 4. The third kappa shape index (κ3) is 3.38. The molecule has 0 saturated heterocycles. The van der Waals surface area contributed by atoms with Crippen molar-refractivity contribution in [3.05, 3.63) is 29.8 Å². The summed E-state index contributed by atoms with van der Waals surface area (Å²) in [5.41, 5.74) is 6.23. The molecule has 3 N–H and O–H groups in total. The van der Waals surface area contributed by atoms with Gasteiger partial charge in [0.1, 0.15) is 6.61 Å². The van der Waals surface area contributed by atoms with Gasteiger partial charge in [0.25, 0.3) is 0 Å². The molecular weight excluding hydrogens is 236 g/mol. The van der Waals surface area contributed by atoms with Gasteiger partial charge >= 0.3 is 6.09 Å². The summed E-state index contributed by atoms with van der Waals surface area (Å²) in [5.74, 6) is 1.12. The first kappa shape index (κ1) is 12.3. The molecule has 5 heteroatoms. The van der Waals surface area contributed by atoms with Crippen molar-refractivity contribution in [2.45, 2.75) is 17.4 Å². The molecule has 1 heterocycles. The van der Waals surface area contributed by atoms with Crippen molar-refractivity contribution in [3.63, 3.8) is 0 Å². The zero-order valence-electron chi connectivity index (χ0n) is 9.52. The summed E-state index contributed by atoms with van der Waals surface area (Å²) >= 11 is 1.89. The molecule has 1 atom stereocenters. The Hall–Kier alpha value is -1.20. The van der Waals surface area contributed by atoms with Crippen LogP contribution in [0.5, 0.6) is 0 Å². The normalized spacial score (nSPS) is 18.5. The second kappa shape index (κ2) is 5.93. The van der Waals surface area contributed by atoms with Crippen LogP contribution in [0.1, 0.15) is 18.0 Å². The van der Waals surface area contributed by atoms with Gasteiger partial charge in [0, 0.05) is 17.5 Å². The Kier molecular flexibility index (Phi) is 4.28. The second-order valence-electron chi connectivity index (χ2n) is 3.85. The summed E-state index contributed by atoms with van der Waals surface area (Å²) in [4.78, 5) is 11.8. The van der Waals surface area contributed by atoms with Crippen molar-refractivity contribution in [2.75, 3.05) is 18.9 Å². The van der Waals surface area contributed by atoms with Crippen LogP contribution < -0.4 is 11.1 Å². The number of ether oxygens (including phenoxy) is 1. The van der Waals surface area contributed by atoms with Crippen LogP contribution in [0.2, 0.25) is 0 Å². The van der Waals surface area contributed by atoms with E-state index in [1.54, 1.807) is 0 Å². The van der Waals surface area contributed by atoms with E-state index in [0.29, 0.717) is 19.2 Å². The number of carbonyl (C=O) groups excluding carboxylic acids is 1. The number of primary amides is 1. The number of benzene rings is 1. The molecule has 92 valence electrons. The molecule has 1 aromatic rings. The fourth-order valence-corrected chi connectivity index (χ4v) is 3.06. The number of fused-ring (bicyclic) bond motifs is 1. The van der Waals surface area contributed by atoms with E-state index in [0.717, 1.165) is 12.2 Å². The van der Waals surface area contributed by atoms with Gasteiger partial charge in [-0.3, -0.25) is 0 Å². The quantitative estimate of drug-likeness (QED) is 0.803. The van der Waals surface area contributed by atoms with Crippen LogP contribution in [-0.2, 0) is 4.74 Å². The molecule has 0 radical (unpaired) electrons. The highest BCUT2D eigenvalue weighted by Crippen LogP contribution is 2.35. The Morgan fingerprint density at radius 2 is 2.35 bits per heavy atom. The number of thioether (sulfide) groups is 1. The van der Waals surface area contributed by atoms with E-state index in [4.69, 9.17) is 10.5 Å². The molecule has 4 nitrogen and oxygen atoms in total. The molecule has 17 heavy (non-hydrogen) atoms. The van der Waals surface area contributed by atoms with E-state index in [1.807, 2.05) is 11.8 Å². The minimum Gasteiger partial charge on any atom is -0.448 e. The first-order valence-corrected chi connectivity index (χ1v) is 6.63. The van der Waals surface area contributed by atoms with Gasteiger partial charge in [0.05, 0.1) is 0 Å². The Bertz CT molecular complexity index is 398. The van der Waals surface area contributed by atoms with Crippen molar-refractivity contribution in [3.8, 4) is 0 Å². The predicted octanol–water partition coefficient (Wildman–Crippen LogP) is 1.91. The number of nitrogens with one attached hydrogen (secondary N) is 1. The molecular formula is C12H16N2O2S. The Morgan fingerprint density at radius 1 is 1.53 bits per heavy atom. The summed E-state index contributed by atoms with van der Waals surface area (Å²) in [7, 11) is 0. The van der Waals surface area contributed by atoms with Crippen molar-refractivity contribution < 1.29 is 9.53 Å². The Morgan fingerprint density at radius 3 is 3.18 bits per heavy atom. The molecule has 0 bridgehead atoms. The van der Waals surface area contributed by atoms with Gasteiger partial charge in [0.15, 0.2) is 0 Å². The largest absolute Gasteiger partial charge is 0.448 e. The number of nitrogens with two attached hydrogens (primary N) is 1. The Balaban J connectivity index is 1.88. The highest BCUT2D eigenvalue weighted by molar-refractivity contribution is 7.99. The maximum absolute atomic E-state index is 10.4. The van der Waals surface area contributed by atoms with E-state index >= 15 is 0 Å².